The van der Waals surface area contributed by atoms with Gasteiger partial charge in [0.15, 0.2) is 0 Å². The van der Waals surface area contributed by atoms with E-state index in [1.807, 2.05) is 0 Å². The first kappa shape index (κ1) is 18.7. The van der Waals surface area contributed by atoms with Crippen molar-refractivity contribution >= 4 is 0 Å². The molecule has 0 N–H and O–H groups in total. The molecule has 110 valence electrons. The minimum atomic E-state index is 0. The van der Waals surface area contributed by atoms with E-state index in [2.05, 4.69) is 90.0 Å². The van der Waals surface area contributed by atoms with E-state index in [-0.39, 0.29) is 30.3 Å². The molecule has 0 fully saturated rings. The van der Waals surface area contributed by atoms with E-state index in [0.717, 1.165) is 0 Å². The number of hydrogen-bond acceptors (Lipinski definition) is 2. The summed E-state index contributed by atoms with van der Waals surface area (Å²) in [6.07, 6.45) is 8.69. The van der Waals surface area contributed by atoms with Crippen LogP contribution in [0.25, 0.3) is 0 Å². The van der Waals surface area contributed by atoms with Crippen molar-refractivity contribution in [1.82, 2.24) is 9.80 Å². The van der Waals surface area contributed by atoms with E-state index in [1.54, 1.807) is 0 Å². The molecule has 0 atom stereocenters. The molecule has 0 saturated carbocycles. The average Bonchev–Trinajstić information content (AvgIpc) is 2.65. The smallest absolute Gasteiger partial charge is 0.528 e. The Morgan fingerprint density at radius 1 is 0.737 bits per heavy atom. The minimum Gasteiger partial charge on any atom is -0.528 e. The molecule has 0 saturated heterocycles. The summed E-state index contributed by atoms with van der Waals surface area (Å²) in [7, 11) is 4.17. The molecule has 2 aliphatic heterocycles. The third-order valence-electron chi connectivity index (χ3n) is 4.35. The van der Waals surface area contributed by atoms with Crippen LogP contribution in [0.1, 0.15) is 41.5 Å². The summed E-state index contributed by atoms with van der Waals surface area (Å²) >= 11 is 0. The van der Waals surface area contributed by atoms with Gasteiger partial charge in [-0.05, 0) is 26.5 Å². The second-order valence-corrected chi connectivity index (χ2v) is 6.47. The van der Waals surface area contributed by atoms with E-state index in [1.165, 1.54) is 12.1 Å². The molecule has 0 aliphatic carbocycles. The summed E-state index contributed by atoms with van der Waals surface area (Å²) in [5, 5.41) is 0. The van der Waals surface area contributed by atoms with Crippen LogP contribution in [0.15, 0.2) is 24.6 Å². The molecule has 0 aromatic heterocycles. The summed E-state index contributed by atoms with van der Waals surface area (Å²) in [6.45, 7) is 13.2. The van der Waals surface area contributed by atoms with Crippen LogP contribution in [0.3, 0.4) is 0 Å². The topological polar surface area (TPSA) is 6.48 Å². The van der Waals surface area contributed by atoms with Crippen molar-refractivity contribution in [2.45, 2.75) is 41.5 Å². The van der Waals surface area contributed by atoms with Crippen LogP contribution in [-0.2, 0) is 19.5 Å². The SMILES string of the molecule is C[C-]1N(C)C=CC1(C)C.C[C-]1N(C)C=CC1(C)C.[Ru+2]. The molecule has 0 aromatic rings. The Bertz CT molecular complexity index is 311. The monoisotopic (exact) mass is 350 g/mol. The summed E-state index contributed by atoms with van der Waals surface area (Å²) in [5.74, 6) is 0. The maximum Gasteiger partial charge on any atom is 2.00 e. The van der Waals surface area contributed by atoms with Crippen LogP contribution in [-0.4, -0.2) is 23.9 Å². The average molecular weight is 349 g/mol. The molecule has 0 amide bonds. The fraction of sp³-hybridized carbons (Fsp3) is 0.625. The van der Waals surface area contributed by atoms with Crippen LogP contribution in [0.4, 0.5) is 0 Å². The van der Waals surface area contributed by atoms with Crippen molar-refractivity contribution in [3.8, 4) is 0 Å². The third-order valence-corrected chi connectivity index (χ3v) is 4.35. The van der Waals surface area contributed by atoms with Crippen molar-refractivity contribution in [1.29, 1.82) is 0 Å². The largest absolute Gasteiger partial charge is 2.00 e. The molecule has 2 heterocycles. The summed E-state index contributed by atoms with van der Waals surface area (Å²) in [5.41, 5.74) is 0.573. The zero-order chi connectivity index (χ0) is 14.1. The molecule has 2 rings (SSSR count). The van der Waals surface area contributed by atoms with Crippen LogP contribution >= 0.6 is 0 Å². The number of rotatable bonds is 0. The van der Waals surface area contributed by atoms with E-state index in [0.29, 0.717) is 0 Å². The van der Waals surface area contributed by atoms with Crippen molar-refractivity contribution in [2.75, 3.05) is 14.1 Å². The Morgan fingerprint density at radius 2 is 1.00 bits per heavy atom. The Hall–Kier alpha value is -0.297. The van der Waals surface area contributed by atoms with Crippen LogP contribution in [0.5, 0.6) is 0 Å². The summed E-state index contributed by atoms with van der Waals surface area (Å²) in [4.78, 5) is 4.33. The molecular formula is C16H28N2Ru. The van der Waals surface area contributed by atoms with Gasteiger partial charge in [-0.1, -0.05) is 39.8 Å². The van der Waals surface area contributed by atoms with Gasteiger partial charge in [-0.15, -0.1) is 10.8 Å². The summed E-state index contributed by atoms with van der Waals surface area (Å²) in [6, 6.07) is 2.84. The molecule has 0 spiro atoms. The van der Waals surface area contributed by atoms with Gasteiger partial charge in [0.2, 0.25) is 0 Å². The number of nitrogens with zero attached hydrogens (tertiary/aromatic N) is 2. The maximum atomic E-state index is 2.22. The van der Waals surface area contributed by atoms with Crippen LogP contribution < -0.4 is 0 Å². The first-order valence-electron chi connectivity index (χ1n) is 6.60. The Labute approximate surface area is 132 Å². The van der Waals surface area contributed by atoms with Crippen molar-refractivity contribution in [3.05, 3.63) is 36.6 Å². The minimum absolute atomic E-state index is 0. The first-order valence-corrected chi connectivity index (χ1v) is 6.60. The van der Waals surface area contributed by atoms with Gasteiger partial charge < -0.3 is 9.80 Å². The summed E-state index contributed by atoms with van der Waals surface area (Å²) < 4.78 is 0. The molecule has 0 aromatic carbocycles. The van der Waals surface area contributed by atoms with Crippen LogP contribution in [0.2, 0.25) is 0 Å². The van der Waals surface area contributed by atoms with E-state index < -0.39 is 0 Å². The standard InChI is InChI=1S/2C8H14N.Ru/c2*1-7-8(2,3)5-6-9(7)4;/h2*5-6H,1-4H3;/q2*-1;+2. The van der Waals surface area contributed by atoms with E-state index >= 15 is 0 Å². The number of hydrogen-bond donors (Lipinski definition) is 0. The van der Waals surface area contributed by atoms with Gasteiger partial charge in [0.25, 0.3) is 0 Å². The molecular weight excluding hydrogens is 321 g/mol. The normalized spacial score (nSPS) is 24.2. The van der Waals surface area contributed by atoms with Gasteiger partial charge in [0, 0.05) is 0 Å². The second kappa shape index (κ2) is 6.44. The molecule has 2 nitrogen and oxygen atoms in total. The fourth-order valence-corrected chi connectivity index (χ4v) is 1.97. The van der Waals surface area contributed by atoms with Gasteiger partial charge >= 0.3 is 19.5 Å². The van der Waals surface area contributed by atoms with Crippen molar-refractivity contribution < 1.29 is 19.5 Å². The Balaban J connectivity index is 0.000000324. The molecule has 2 aliphatic rings. The van der Waals surface area contributed by atoms with Crippen LogP contribution in [0, 0.1) is 22.9 Å². The molecule has 3 heteroatoms. The first-order chi connectivity index (χ1) is 8.08. The fourth-order valence-electron chi connectivity index (χ4n) is 1.97. The van der Waals surface area contributed by atoms with E-state index in [4.69, 9.17) is 0 Å². The quantitative estimate of drug-likeness (QED) is 0.481. The Kier molecular flexibility index (Phi) is 6.34. The maximum absolute atomic E-state index is 2.22. The van der Waals surface area contributed by atoms with Gasteiger partial charge in [-0.25, -0.2) is 12.1 Å². The van der Waals surface area contributed by atoms with Crippen molar-refractivity contribution in [2.24, 2.45) is 10.8 Å². The van der Waals surface area contributed by atoms with Gasteiger partial charge in [-0.2, -0.15) is 13.8 Å². The molecule has 0 unspecified atom stereocenters. The van der Waals surface area contributed by atoms with Gasteiger partial charge in [-0.3, -0.25) is 0 Å². The van der Waals surface area contributed by atoms with E-state index in [9.17, 15) is 0 Å². The van der Waals surface area contributed by atoms with Gasteiger partial charge in [0.05, 0.1) is 0 Å². The molecule has 0 bridgehead atoms. The van der Waals surface area contributed by atoms with Crippen molar-refractivity contribution in [3.63, 3.8) is 0 Å². The van der Waals surface area contributed by atoms with Gasteiger partial charge in [0.1, 0.15) is 0 Å². The predicted molar refractivity (Wildman–Crippen MR) is 79.2 cm³/mol. The molecule has 0 radical (unpaired) electrons. The zero-order valence-corrected chi connectivity index (χ0v) is 15.3. The zero-order valence-electron chi connectivity index (χ0n) is 13.6. The second-order valence-electron chi connectivity index (χ2n) is 6.47. The predicted octanol–water partition coefficient (Wildman–Crippen LogP) is 4.04. The Morgan fingerprint density at radius 3 is 1.05 bits per heavy atom. The molecule has 19 heavy (non-hydrogen) atoms. The third kappa shape index (κ3) is 4.34.